The zero-order chi connectivity index (χ0) is 22.9. The second-order valence-corrected chi connectivity index (χ2v) is 8.34. The highest BCUT2D eigenvalue weighted by atomic mass is 16.2. The molecule has 1 fully saturated rings. The van der Waals surface area contributed by atoms with Gasteiger partial charge in [0.1, 0.15) is 0 Å². The highest BCUT2D eigenvalue weighted by Crippen LogP contribution is 2.17. The van der Waals surface area contributed by atoms with Crippen LogP contribution in [0, 0.1) is 13.8 Å². The number of aromatic amines is 1. The van der Waals surface area contributed by atoms with Crippen LogP contribution in [-0.2, 0) is 6.54 Å². The molecule has 10 heteroatoms. The summed E-state index contributed by atoms with van der Waals surface area (Å²) in [6.45, 7) is 7.76. The fourth-order valence-corrected chi connectivity index (χ4v) is 4.26. The van der Waals surface area contributed by atoms with E-state index in [0.717, 1.165) is 35.4 Å². The lowest BCUT2D eigenvalue weighted by Crippen LogP contribution is -2.49. The van der Waals surface area contributed by atoms with Crippen LogP contribution >= 0.6 is 0 Å². The van der Waals surface area contributed by atoms with Crippen molar-refractivity contribution < 1.29 is 4.79 Å². The number of H-pyrrole nitrogens is 1. The van der Waals surface area contributed by atoms with Crippen molar-refractivity contribution in [1.82, 2.24) is 39.6 Å². The molecule has 0 atom stereocenters. The maximum Gasteiger partial charge on any atom is 0.275 e. The molecule has 33 heavy (non-hydrogen) atoms. The van der Waals surface area contributed by atoms with Gasteiger partial charge in [0.2, 0.25) is 0 Å². The predicted octanol–water partition coefficient (Wildman–Crippen LogP) is 1.38. The quantitative estimate of drug-likeness (QED) is 0.497. The normalized spacial score (nSPS) is 14.8. The largest absolute Gasteiger partial charge is 0.335 e. The van der Waals surface area contributed by atoms with Gasteiger partial charge in [-0.2, -0.15) is 10.2 Å². The fraction of sp³-hybridized carbons (Fsp3) is 0.348. The van der Waals surface area contributed by atoms with Gasteiger partial charge in [0.15, 0.2) is 11.5 Å². The van der Waals surface area contributed by atoms with E-state index in [-0.39, 0.29) is 11.5 Å². The van der Waals surface area contributed by atoms with E-state index < -0.39 is 0 Å². The first-order valence-electron chi connectivity index (χ1n) is 11.1. The lowest BCUT2D eigenvalue weighted by molar-refractivity contribution is 0.0627. The number of piperazine rings is 1. The standard InChI is InChI=1S/C23H26N8O2/c1-16-15-17(2)31(26-16)20-7-8-21(32)30(27-20)14-11-28-9-12-29(13-10-28)23(33)22-18-5-3-4-6-19(18)24-25-22/h3-8,15H,9-14H2,1-2H3,(H,24,25). The minimum atomic E-state index is -0.139. The van der Waals surface area contributed by atoms with E-state index in [0.29, 0.717) is 37.7 Å². The number of aryl methyl sites for hydroxylation is 2. The second kappa shape index (κ2) is 8.62. The number of carbonyl (C=O) groups excluding carboxylic acids is 1. The van der Waals surface area contributed by atoms with Gasteiger partial charge >= 0.3 is 0 Å². The van der Waals surface area contributed by atoms with Gasteiger partial charge in [-0.15, -0.1) is 5.10 Å². The van der Waals surface area contributed by atoms with Gasteiger partial charge in [-0.1, -0.05) is 18.2 Å². The summed E-state index contributed by atoms with van der Waals surface area (Å²) >= 11 is 0. The number of aromatic nitrogens is 6. The maximum absolute atomic E-state index is 13.0. The van der Waals surface area contributed by atoms with Crippen molar-refractivity contribution in [2.45, 2.75) is 20.4 Å². The Labute approximate surface area is 190 Å². The summed E-state index contributed by atoms with van der Waals surface area (Å²) in [5.74, 6) is 0.574. The number of fused-ring (bicyclic) bond motifs is 1. The highest BCUT2D eigenvalue weighted by Gasteiger charge is 2.25. The first-order valence-corrected chi connectivity index (χ1v) is 11.1. The van der Waals surface area contributed by atoms with Crippen molar-refractivity contribution in [1.29, 1.82) is 0 Å². The van der Waals surface area contributed by atoms with E-state index in [9.17, 15) is 9.59 Å². The van der Waals surface area contributed by atoms with Crippen LogP contribution in [0.5, 0.6) is 0 Å². The molecule has 0 aliphatic carbocycles. The molecule has 1 aliphatic heterocycles. The summed E-state index contributed by atoms with van der Waals surface area (Å²) in [5, 5.41) is 17.0. The number of rotatable bonds is 5. The first-order chi connectivity index (χ1) is 16.0. The van der Waals surface area contributed by atoms with E-state index >= 15 is 0 Å². The molecule has 0 bridgehead atoms. The molecule has 0 radical (unpaired) electrons. The molecular formula is C23H26N8O2. The highest BCUT2D eigenvalue weighted by molar-refractivity contribution is 6.04. The smallest absolute Gasteiger partial charge is 0.275 e. The summed E-state index contributed by atoms with van der Waals surface area (Å²) in [6, 6.07) is 12.9. The van der Waals surface area contributed by atoms with Crippen LogP contribution in [0.1, 0.15) is 21.9 Å². The van der Waals surface area contributed by atoms with Crippen molar-refractivity contribution in [2.24, 2.45) is 0 Å². The van der Waals surface area contributed by atoms with Crippen LogP contribution in [0.4, 0.5) is 0 Å². The minimum Gasteiger partial charge on any atom is -0.335 e. The van der Waals surface area contributed by atoms with Gasteiger partial charge in [-0.05, 0) is 32.0 Å². The second-order valence-electron chi connectivity index (χ2n) is 8.34. The van der Waals surface area contributed by atoms with Gasteiger partial charge in [-0.25, -0.2) is 9.36 Å². The number of hydrogen-bond acceptors (Lipinski definition) is 6. The molecular weight excluding hydrogens is 420 g/mol. The van der Waals surface area contributed by atoms with Crippen LogP contribution < -0.4 is 5.56 Å². The number of carbonyl (C=O) groups is 1. The van der Waals surface area contributed by atoms with Gasteiger partial charge in [0.25, 0.3) is 11.5 Å². The number of benzene rings is 1. The maximum atomic E-state index is 13.0. The monoisotopic (exact) mass is 446 g/mol. The number of nitrogens with one attached hydrogen (secondary N) is 1. The zero-order valence-electron chi connectivity index (χ0n) is 18.7. The van der Waals surface area contributed by atoms with Crippen LogP contribution in [0.3, 0.4) is 0 Å². The predicted molar refractivity (Wildman–Crippen MR) is 124 cm³/mol. The van der Waals surface area contributed by atoms with Gasteiger partial charge < -0.3 is 4.90 Å². The van der Waals surface area contributed by atoms with Crippen LogP contribution in [0.15, 0.2) is 47.3 Å². The molecule has 1 aromatic carbocycles. The van der Waals surface area contributed by atoms with Gasteiger partial charge in [-0.3, -0.25) is 19.6 Å². The van der Waals surface area contributed by atoms with E-state index in [1.165, 1.54) is 10.7 Å². The average molecular weight is 447 g/mol. The average Bonchev–Trinajstić information content (AvgIpc) is 3.41. The molecule has 0 spiro atoms. The summed E-state index contributed by atoms with van der Waals surface area (Å²) in [7, 11) is 0. The van der Waals surface area contributed by atoms with Crippen molar-refractivity contribution in [3.63, 3.8) is 0 Å². The summed E-state index contributed by atoms with van der Waals surface area (Å²) in [4.78, 5) is 29.4. The van der Waals surface area contributed by atoms with Gasteiger partial charge in [0, 0.05) is 49.9 Å². The summed E-state index contributed by atoms with van der Waals surface area (Å²) in [6.07, 6.45) is 0. The van der Waals surface area contributed by atoms with Crippen molar-refractivity contribution in [3.05, 3.63) is 69.9 Å². The van der Waals surface area contributed by atoms with Gasteiger partial charge in [0.05, 0.1) is 17.8 Å². The molecule has 170 valence electrons. The van der Waals surface area contributed by atoms with Crippen molar-refractivity contribution >= 4 is 16.8 Å². The molecule has 1 N–H and O–H groups in total. The summed E-state index contributed by atoms with van der Waals surface area (Å²) < 4.78 is 3.23. The third kappa shape index (κ3) is 4.17. The molecule has 0 saturated carbocycles. The molecule has 4 aromatic rings. The van der Waals surface area contributed by atoms with Crippen LogP contribution in [0.2, 0.25) is 0 Å². The topological polar surface area (TPSA) is 105 Å². The molecule has 3 aromatic heterocycles. The Kier molecular flexibility index (Phi) is 5.51. The molecule has 10 nitrogen and oxygen atoms in total. The number of hydrogen-bond donors (Lipinski definition) is 1. The van der Waals surface area contributed by atoms with Crippen molar-refractivity contribution in [3.8, 4) is 5.82 Å². The van der Waals surface area contributed by atoms with Crippen LogP contribution in [0.25, 0.3) is 16.7 Å². The lowest BCUT2D eigenvalue weighted by Gasteiger charge is -2.34. The minimum absolute atomic E-state index is 0.0532. The number of para-hydroxylation sites is 1. The Bertz CT molecular complexity index is 1360. The Morgan fingerprint density at radius 2 is 1.79 bits per heavy atom. The Hall–Kier alpha value is -3.79. The molecule has 1 amide bonds. The van der Waals surface area contributed by atoms with E-state index in [1.54, 1.807) is 10.7 Å². The van der Waals surface area contributed by atoms with Crippen molar-refractivity contribution in [2.75, 3.05) is 32.7 Å². The third-order valence-corrected chi connectivity index (χ3v) is 6.04. The first kappa shape index (κ1) is 21.1. The SMILES string of the molecule is Cc1cc(C)n(-c2ccc(=O)n(CCN3CCN(C(=O)c4n[nH]c5ccccc45)CC3)n2)n1. The van der Waals surface area contributed by atoms with Crippen LogP contribution in [-0.4, -0.2) is 78.2 Å². The molecule has 1 saturated heterocycles. The number of nitrogens with zero attached hydrogens (tertiary/aromatic N) is 7. The van der Waals surface area contributed by atoms with E-state index in [1.807, 2.05) is 49.1 Å². The number of amides is 1. The summed E-state index contributed by atoms with van der Waals surface area (Å²) in [5.41, 5.74) is 3.06. The third-order valence-electron chi connectivity index (χ3n) is 6.04. The Morgan fingerprint density at radius 3 is 2.55 bits per heavy atom. The molecule has 5 rings (SSSR count). The lowest BCUT2D eigenvalue weighted by atomic mass is 10.2. The fourth-order valence-electron chi connectivity index (χ4n) is 4.26. The molecule has 1 aliphatic rings. The van der Waals surface area contributed by atoms with E-state index in [2.05, 4.69) is 25.3 Å². The Balaban J connectivity index is 1.21. The Morgan fingerprint density at radius 1 is 1.00 bits per heavy atom. The zero-order valence-corrected chi connectivity index (χ0v) is 18.7. The molecule has 4 heterocycles. The molecule has 0 unspecified atom stereocenters. The van der Waals surface area contributed by atoms with E-state index in [4.69, 9.17) is 0 Å².